The summed E-state index contributed by atoms with van der Waals surface area (Å²) in [5, 5.41) is 6.46. The van der Waals surface area contributed by atoms with Crippen molar-refractivity contribution >= 4 is 5.96 Å². The highest BCUT2D eigenvalue weighted by Crippen LogP contribution is 2.00. The molecule has 22 heavy (non-hydrogen) atoms. The van der Waals surface area contributed by atoms with Gasteiger partial charge in [0.1, 0.15) is 0 Å². The quantitative estimate of drug-likeness (QED) is 0.372. The van der Waals surface area contributed by atoms with Crippen LogP contribution in [0.4, 0.5) is 0 Å². The van der Waals surface area contributed by atoms with E-state index in [4.69, 9.17) is 9.47 Å². The van der Waals surface area contributed by atoms with E-state index in [9.17, 15) is 0 Å². The summed E-state index contributed by atoms with van der Waals surface area (Å²) in [5.74, 6) is 0.821. The summed E-state index contributed by atoms with van der Waals surface area (Å²) in [6.45, 7) is 3.94. The lowest BCUT2D eigenvalue weighted by Crippen LogP contribution is -2.39. The number of guanidine groups is 1. The second-order valence-electron chi connectivity index (χ2n) is 4.97. The van der Waals surface area contributed by atoms with Crippen LogP contribution in [0.5, 0.6) is 0 Å². The summed E-state index contributed by atoms with van der Waals surface area (Å²) in [7, 11) is 3.46. The Morgan fingerprint density at radius 1 is 1.00 bits per heavy atom. The van der Waals surface area contributed by atoms with Crippen molar-refractivity contribution in [1.29, 1.82) is 0 Å². The molecule has 0 saturated heterocycles. The number of hydrogen-bond acceptors (Lipinski definition) is 3. The van der Waals surface area contributed by atoms with Crippen LogP contribution in [0.2, 0.25) is 0 Å². The minimum atomic E-state index is 0.677. The molecule has 5 nitrogen and oxygen atoms in total. The molecule has 0 bridgehead atoms. The molecule has 0 radical (unpaired) electrons. The molecule has 1 aromatic rings. The van der Waals surface area contributed by atoms with Crippen molar-refractivity contribution in [1.82, 2.24) is 10.6 Å². The van der Waals surface area contributed by atoms with Gasteiger partial charge in [0, 0.05) is 33.9 Å². The third kappa shape index (κ3) is 9.37. The minimum Gasteiger partial charge on any atom is -0.383 e. The highest BCUT2D eigenvalue weighted by atomic mass is 16.5. The van der Waals surface area contributed by atoms with Crippen LogP contribution in [-0.2, 0) is 15.9 Å². The van der Waals surface area contributed by atoms with Gasteiger partial charge in [-0.15, -0.1) is 0 Å². The van der Waals surface area contributed by atoms with E-state index in [1.165, 1.54) is 5.56 Å². The first-order chi connectivity index (χ1) is 10.9. The van der Waals surface area contributed by atoms with E-state index in [0.717, 1.165) is 51.5 Å². The highest BCUT2D eigenvalue weighted by molar-refractivity contribution is 5.79. The number of benzene rings is 1. The standard InChI is InChI=1S/C17H29N3O2/c1-18-17(20-12-15-21-2)19-11-6-7-13-22-14-10-16-8-4-3-5-9-16/h3-5,8-9H,6-7,10-15H2,1-2H3,(H2,18,19,20). The summed E-state index contributed by atoms with van der Waals surface area (Å²) in [4.78, 5) is 4.15. The van der Waals surface area contributed by atoms with Crippen LogP contribution in [0.3, 0.4) is 0 Å². The maximum absolute atomic E-state index is 5.66. The highest BCUT2D eigenvalue weighted by Gasteiger charge is 1.96. The van der Waals surface area contributed by atoms with E-state index >= 15 is 0 Å². The normalized spacial score (nSPS) is 11.5. The van der Waals surface area contributed by atoms with Gasteiger partial charge in [0.2, 0.25) is 0 Å². The molecule has 5 heteroatoms. The van der Waals surface area contributed by atoms with Gasteiger partial charge in [-0.05, 0) is 24.8 Å². The Labute approximate surface area is 134 Å². The predicted octanol–water partition coefficient (Wildman–Crippen LogP) is 1.84. The Balaban J connectivity index is 1.92. The van der Waals surface area contributed by atoms with Crippen LogP contribution in [0, 0.1) is 0 Å². The van der Waals surface area contributed by atoms with Gasteiger partial charge in [-0.25, -0.2) is 0 Å². The zero-order valence-electron chi connectivity index (χ0n) is 13.8. The van der Waals surface area contributed by atoms with Gasteiger partial charge in [-0.3, -0.25) is 4.99 Å². The van der Waals surface area contributed by atoms with Gasteiger partial charge in [0.25, 0.3) is 0 Å². The molecule has 0 heterocycles. The minimum absolute atomic E-state index is 0.677. The van der Waals surface area contributed by atoms with Crippen LogP contribution in [0.25, 0.3) is 0 Å². The molecule has 0 aromatic heterocycles. The maximum Gasteiger partial charge on any atom is 0.191 e. The number of unbranched alkanes of at least 4 members (excludes halogenated alkanes) is 1. The molecule has 0 atom stereocenters. The lowest BCUT2D eigenvalue weighted by molar-refractivity contribution is 0.133. The van der Waals surface area contributed by atoms with Crippen molar-refractivity contribution in [2.75, 3.05) is 47.1 Å². The first-order valence-electron chi connectivity index (χ1n) is 7.92. The molecule has 124 valence electrons. The summed E-state index contributed by atoms with van der Waals surface area (Å²) in [6.07, 6.45) is 3.10. The van der Waals surface area contributed by atoms with Crippen molar-refractivity contribution in [3.63, 3.8) is 0 Å². The van der Waals surface area contributed by atoms with Crippen LogP contribution in [0.1, 0.15) is 18.4 Å². The number of methoxy groups -OCH3 is 1. The Hall–Kier alpha value is -1.59. The fourth-order valence-electron chi connectivity index (χ4n) is 1.96. The molecule has 0 aliphatic carbocycles. The molecule has 0 aliphatic heterocycles. The summed E-state index contributed by atoms with van der Waals surface area (Å²) < 4.78 is 10.6. The molecule has 0 saturated carbocycles. The van der Waals surface area contributed by atoms with Gasteiger partial charge in [-0.2, -0.15) is 0 Å². The van der Waals surface area contributed by atoms with E-state index < -0.39 is 0 Å². The average Bonchev–Trinajstić information content (AvgIpc) is 2.56. The van der Waals surface area contributed by atoms with Crippen molar-refractivity contribution in [3.05, 3.63) is 35.9 Å². The van der Waals surface area contributed by atoms with E-state index in [1.807, 2.05) is 6.07 Å². The number of hydrogen-bond donors (Lipinski definition) is 2. The van der Waals surface area contributed by atoms with Gasteiger partial charge in [0.15, 0.2) is 5.96 Å². The third-order valence-corrected chi connectivity index (χ3v) is 3.21. The summed E-state index contributed by atoms with van der Waals surface area (Å²) >= 11 is 0. The smallest absolute Gasteiger partial charge is 0.191 e. The van der Waals surface area contributed by atoms with Gasteiger partial charge in [0.05, 0.1) is 13.2 Å². The predicted molar refractivity (Wildman–Crippen MR) is 91.4 cm³/mol. The maximum atomic E-state index is 5.66. The zero-order valence-corrected chi connectivity index (χ0v) is 13.8. The van der Waals surface area contributed by atoms with E-state index in [2.05, 4.69) is 39.9 Å². The van der Waals surface area contributed by atoms with Crippen molar-refractivity contribution in [3.8, 4) is 0 Å². The molecule has 1 aromatic carbocycles. The fourth-order valence-corrected chi connectivity index (χ4v) is 1.96. The Kier molecular flexibility index (Phi) is 11.0. The number of nitrogens with one attached hydrogen (secondary N) is 2. The molecule has 0 unspecified atom stereocenters. The van der Waals surface area contributed by atoms with Crippen LogP contribution >= 0.6 is 0 Å². The number of nitrogens with zero attached hydrogens (tertiary/aromatic N) is 1. The average molecular weight is 307 g/mol. The SMILES string of the molecule is CN=C(NCCCCOCCc1ccccc1)NCCOC. The topological polar surface area (TPSA) is 54.9 Å². The van der Waals surface area contributed by atoms with Crippen molar-refractivity contribution < 1.29 is 9.47 Å². The van der Waals surface area contributed by atoms with Crippen LogP contribution in [-0.4, -0.2) is 53.0 Å². The molecule has 0 spiro atoms. The fraction of sp³-hybridized carbons (Fsp3) is 0.588. The Morgan fingerprint density at radius 2 is 1.77 bits per heavy atom. The zero-order chi connectivity index (χ0) is 15.9. The molecular formula is C17H29N3O2. The number of aliphatic imine (C=N–C) groups is 1. The first kappa shape index (κ1) is 18.5. The summed E-state index contributed by atoms with van der Waals surface area (Å²) in [6, 6.07) is 10.4. The Morgan fingerprint density at radius 3 is 2.50 bits per heavy atom. The van der Waals surface area contributed by atoms with E-state index in [1.54, 1.807) is 14.2 Å². The van der Waals surface area contributed by atoms with Crippen LogP contribution in [0.15, 0.2) is 35.3 Å². The van der Waals surface area contributed by atoms with Crippen LogP contribution < -0.4 is 10.6 Å². The van der Waals surface area contributed by atoms with Gasteiger partial charge < -0.3 is 20.1 Å². The Bertz CT molecular complexity index is 396. The lowest BCUT2D eigenvalue weighted by atomic mass is 10.2. The molecule has 0 amide bonds. The molecule has 2 N–H and O–H groups in total. The second-order valence-corrected chi connectivity index (χ2v) is 4.97. The molecule has 1 rings (SSSR count). The van der Waals surface area contributed by atoms with Crippen molar-refractivity contribution in [2.24, 2.45) is 4.99 Å². The van der Waals surface area contributed by atoms with Gasteiger partial charge in [-0.1, -0.05) is 30.3 Å². The largest absolute Gasteiger partial charge is 0.383 e. The molecule has 0 aliphatic rings. The van der Waals surface area contributed by atoms with Crippen molar-refractivity contribution in [2.45, 2.75) is 19.3 Å². The van der Waals surface area contributed by atoms with E-state index in [-0.39, 0.29) is 0 Å². The lowest BCUT2D eigenvalue weighted by Gasteiger charge is -2.11. The molecule has 0 fully saturated rings. The third-order valence-electron chi connectivity index (χ3n) is 3.21. The van der Waals surface area contributed by atoms with Gasteiger partial charge >= 0.3 is 0 Å². The summed E-state index contributed by atoms with van der Waals surface area (Å²) in [5.41, 5.74) is 1.33. The first-order valence-corrected chi connectivity index (χ1v) is 7.92. The molecular weight excluding hydrogens is 278 g/mol. The number of rotatable bonds is 11. The monoisotopic (exact) mass is 307 g/mol. The number of ether oxygens (including phenoxy) is 2. The van der Waals surface area contributed by atoms with E-state index in [0.29, 0.717) is 6.61 Å². The second kappa shape index (κ2) is 13.1.